The first-order valence-corrected chi connectivity index (χ1v) is 10.3. The highest BCUT2D eigenvalue weighted by Gasteiger charge is 2.27. The lowest BCUT2D eigenvalue weighted by atomic mass is 9.95. The first kappa shape index (κ1) is 19.5. The largest absolute Gasteiger partial charge is 0.359 e. The fraction of sp³-hybridized carbons (Fsp3) is 0.417. The summed E-state index contributed by atoms with van der Waals surface area (Å²) in [7, 11) is 1.68. The molecule has 150 valence electrons. The van der Waals surface area contributed by atoms with E-state index >= 15 is 0 Å². The second-order valence-corrected chi connectivity index (χ2v) is 8.94. The van der Waals surface area contributed by atoms with Crippen LogP contribution in [0.4, 0.5) is 0 Å². The molecule has 1 aliphatic rings. The highest BCUT2D eigenvalue weighted by molar-refractivity contribution is 5.87. The van der Waals surface area contributed by atoms with Gasteiger partial charge in [0, 0.05) is 42.2 Å². The minimum atomic E-state index is -0.0698. The average Bonchev–Trinajstić information content (AvgIpc) is 3.55. The second kappa shape index (κ2) is 7.54. The maximum absolute atomic E-state index is 11.6. The molecule has 1 saturated carbocycles. The molecule has 0 aliphatic heterocycles. The molecule has 0 bridgehead atoms. The maximum atomic E-state index is 11.6. The van der Waals surface area contributed by atoms with Crippen molar-refractivity contribution in [3.63, 3.8) is 0 Å². The molecule has 0 unspecified atom stereocenters. The Morgan fingerprint density at radius 2 is 1.86 bits per heavy atom. The van der Waals surface area contributed by atoms with Crippen molar-refractivity contribution >= 4 is 16.8 Å². The number of hydrogen-bond acceptors (Lipinski definition) is 4. The fourth-order valence-electron chi connectivity index (χ4n) is 3.56. The second-order valence-electron chi connectivity index (χ2n) is 8.94. The molecule has 1 fully saturated rings. The summed E-state index contributed by atoms with van der Waals surface area (Å²) in [4.78, 5) is 25.6. The molecule has 3 aromatic rings. The molecule has 1 aromatic carbocycles. The Labute approximate surface area is 172 Å². The minimum Gasteiger partial charge on any atom is -0.359 e. The van der Waals surface area contributed by atoms with Gasteiger partial charge in [0.05, 0.1) is 11.2 Å². The van der Waals surface area contributed by atoms with Crippen LogP contribution >= 0.6 is 0 Å². The van der Waals surface area contributed by atoms with Crippen LogP contribution in [-0.4, -0.2) is 27.9 Å². The van der Waals surface area contributed by atoms with Gasteiger partial charge in [-0.25, -0.2) is 15.0 Å². The molecule has 29 heavy (non-hydrogen) atoms. The zero-order chi connectivity index (χ0) is 20.6. The number of amides is 1. The Morgan fingerprint density at radius 3 is 2.48 bits per heavy atom. The van der Waals surface area contributed by atoms with Crippen molar-refractivity contribution in [2.24, 2.45) is 0 Å². The summed E-state index contributed by atoms with van der Waals surface area (Å²) in [5.74, 6) is 1.51. The van der Waals surface area contributed by atoms with Crippen molar-refractivity contribution in [3.05, 3.63) is 53.6 Å². The van der Waals surface area contributed by atoms with E-state index in [1.165, 1.54) is 29.4 Å². The van der Waals surface area contributed by atoms with Crippen molar-refractivity contribution in [2.45, 2.75) is 57.8 Å². The molecule has 1 aliphatic carbocycles. The van der Waals surface area contributed by atoms with Gasteiger partial charge in [-0.3, -0.25) is 4.79 Å². The molecular formula is C24H28N4O. The molecule has 0 saturated heterocycles. The molecule has 2 heterocycles. The quantitative estimate of drug-likeness (QED) is 0.696. The molecule has 2 aromatic heterocycles. The molecule has 0 spiro atoms. The van der Waals surface area contributed by atoms with E-state index < -0.39 is 0 Å². The number of fused-ring (bicyclic) bond motifs is 1. The van der Waals surface area contributed by atoms with E-state index in [9.17, 15) is 4.79 Å². The lowest BCUT2D eigenvalue weighted by Crippen LogP contribution is -2.17. The summed E-state index contributed by atoms with van der Waals surface area (Å²) < 4.78 is 0. The topological polar surface area (TPSA) is 67.8 Å². The van der Waals surface area contributed by atoms with Gasteiger partial charge in [0.25, 0.3) is 0 Å². The van der Waals surface area contributed by atoms with Crippen LogP contribution in [0.2, 0.25) is 0 Å². The number of aryl methyl sites for hydroxylation is 1. The third-order valence-electron chi connectivity index (χ3n) is 5.46. The summed E-state index contributed by atoms with van der Waals surface area (Å²) in [6.07, 6.45) is 7.46. The molecule has 5 heteroatoms. The number of nitrogens with zero attached hydrogens (tertiary/aromatic N) is 3. The number of nitrogens with one attached hydrogen (secondary N) is 1. The highest BCUT2D eigenvalue weighted by Crippen LogP contribution is 2.44. The Bertz CT molecular complexity index is 1050. The van der Waals surface area contributed by atoms with E-state index in [4.69, 9.17) is 4.98 Å². The normalized spacial score (nSPS) is 14.2. The molecule has 1 amide bonds. The lowest BCUT2D eigenvalue weighted by molar-refractivity contribution is -0.120. The van der Waals surface area contributed by atoms with Crippen molar-refractivity contribution in [1.82, 2.24) is 20.3 Å². The van der Waals surface area contributed by atoms with Crippen LogP contribution in [0.15, 0.2) is 36.7 Å². The predicted molar refractivity (Wildman–Crippen MR) is 116 cm³/mol. The van der Waals surface area contributed by atoms with Crippen LogP contribution in [0, 0.1) is 0 Å². The SMILES string of the molecule is CNC(=O)CCc1ccc2nc(-c3cnc(C(C)(C)C)nc3)cc(C3CC3)c2c1. The number of carbonyl (C=O) groups is 1. The Hall–Kier alpha value is -2.82. The van der Waals surface area contributed by atoms with Crippen LogP contribution in [0.1, 0.15) is 62.9 Å². The zero-order valence-corrected chi connectivity index (χ0v) is 17.6. The van der Waals surface area contributed by atoms with Gasteiger partial charge in [-0.1, -0.05) is 26.8 Å². The van der Waals surface area contributed by atoms with E-state index in [1.54, 1.807) is 7.05 Å². The molecule has 5 nitrogen and oxygen atoms in total. The van der Waals surface area contributed by atoms with E-state index in [-0.39, 0.29) is 11.3 Å². The summed E-state index contributed by atoms with van der Waals surface area (Å²) in [5.41, 5.74) is 5.33. The number of rotatable bonds is 5. The number of benzene rings is 1. The van der Waals surface area contributed by atoms with Crippen LogP contribution in [-0.2, 0) is 16.6 Å². The van der Waals surface area contributed by atoms with E-state index in [2.05, 4.69) is 60.3 Å². The fourth-order valence-corrected chi connectivity index (χ4v) is 3.56. The molecular weight excluding hydrogens is 360 g/mol. The number of aromatic nitrogens is 3. The summed E-state index contributed by atoms with van der Waals surface area (Å²) in [6, 6.07) is 8.58. The van der Waals surface area contributed by atoms with Crippen molar-refractivity contribution in [1.29, 1.82) is 0 Å². The highest BCUT2D eigenvalue weighted by atomic mass is 16.1. The Balaban J connectivity index is 1.71. The number of hydrogen-bond donors (Lipinski definition) is 1. The van der Waals surface area contributed by atoms with E-state index in [1.807, 2.05) is 12.4 Å². The Morgan fingerprint density at radius 1 is 1.14 bits per heavy atom. The number of carbonyl (C=O) groups excluding carboxylic acids is 1. The van der Waals surface area contributed by atoms with Gasteiger partial charge >= 0.3 is 0 Å². The molecule has 4 rings (SSSR count). The predicted octanol–water partition coefficient (Wildman–Crippen LogP) is 4.55. The first-order valence-electron chi connectivity index (χ1n) is 10.3. The molecule has 0 atom stereocenters. The Kier molecular flexibility index (Phi) is 5.07. The van der Waals surface area contributed by atoms with Gasteiger partial charge in [0.2, 0.25) is 5.91 Å². The smallest absolute Gasteiger partial charge is 0.220 e. The van der Waals surface area contributed by atoms with Crippen molar-refractivity contribution < 1.29 is 4.79 Å². The standard InChI is InChI=1S/C24H28N4O/c1-24(2,3)23-26-13-17(14-27-23)21-12-18(16-7-8-16)19-11-15(5-9-20(19)28-21)6-10-22(29)25-4/h5,9,11-14,16H,6-8,10H2,1-4H3,(H,25,29). The first-order chi connectivity index (χ1) is 13.8. The summed E-state index contributed by atoms with van der Waals surface area (Å²) in [5, 5.41) is 3.89. The zero-order valence-electron chi connectivity index (χ0n) is 17.6. The third-order valence-corrected chi connectivity index (χ3v) is 5.46. The van der Waals surface area contributed by atoms with E-state index in [0.717, 1.165) is 29.0 Å². The minimum absolute atomic E-state index is 0.0692. The maximum Gasteiger partial charge on any atom is 0.220 e. The molecule has 1 N–H and O–H groups in total. The number of pyridine rings is 1. The van der Waals surface area contributed by atoms with Crippen molar-refractivity contribution in [3.8, 4) is 11.3 Å². The summed E-state index contributed by atoms with van der Waals surface area (Å²) in [6.45, 7) is 6.34. The van der Waals surface area contributed by atoms with Gasteiger partial charge in [-0.05, 0) is 54.5 Å². The van der Waals surface area contributed by atoms with Gasteiger partial charge in [0.1, 0.15) is 5.82 Å². The average molecular weight is 389 g/mol. The van der Waals surface area contributed by atoms with Gasteiger partial charge in [-0.2, -0.15) is 0 Å². The van der Waals surface area contributed by atoms with Crippen LogP contribution in [0.25, 0.3) is 22.2 Å². The van der Waals surface area contributed by atoms with Gasteiger partial charge in [0.15, 0.2) is 0 Å². The van der Waals surface area contributed by atoms with Gasteiger partial charge in [-0.15, -0.1) is 0 Å². The monoisotopic (exact) mass is 388 g/mol. The van der Waals surface area contributed by atoms with Gasteiger partial charge < -0.3 is 5.32 Å². The van der Waals surface area contributed by atoms with Crippen molar-refractivity contribution in [2.75, 3.05) is 7.05 Å². The van der Waals surface area contributed by atoms with E-state index in [0.29, 0.717) is 12.3 Å². The van der Waals surface area contributed by atoms with Crippen LogP contribution in [0.5, 0.6) is 0 Å². The molecule has 0 radical (unpaired) electrons. The summed E-state index contributed by atoms with van der Waals surface area (Å²) >= 11 is 0. The third kappa shape index (κ3) is 4.29. The lowest BCUT2D eigenvalue weighted by Gasteiger charge is -2.16. The van der Waals surface area contributed by atoms with Crippen LogP contribution < -0.4 is 5.32 Å². The van der Waals surface area contributed by atoms with Crippen LogP contribution in [0.3, 0.4) is 0 Å².